The second-order valence-electron chi connectivity index (χ2n) is 4.35. The zero-order valence-electron chi connectivity index (χ0n) is 10.8. The van der Waals surface area contributed by atoms with Gasteiger partial charge in [-0.25, -0.2) is 9.97 Å². The van der Waals surface area contributed by atoms with Crippen molar-refractivity contribution in [3.8, 4) is 17.3 Å². The minimum Gasteiger partial charge on any atom is -0.246 e. The summed E-state index contributed by atoms with van der Waals surface area (Å²) < 4.78 is 0. The van der Waals surface area contributed by atoms with Gasteiger partial charge >= 0.3 is 0 Å². The molecule has 0 N–H and O–H groups in total. The van der Waals surface area contributed by atoms with E-state index in [-0.39, 0.29) is 0 Å². The molecule has 0 fully saturated rings. The molecule has 5 heteroatoms. The van der Waals surface area contributed by atoms with Crippen LogP contribution in [0.2, 0.25) is 0 Å². The molecule has 0 aliphatic rings. The van der Waals surface area contributed by atoms with Crippen LogP contribution < -0.4 is 0 Å². The Morgan fingerprint density at radius 1 is 1.20 bits per heavy atom. The Balaban J connectivity index is 1.84. The smallest absolute Gasteiger partial charge is 0.0992 e. The molecular formula is C15H11N3S2. The van der Waals surface area contributed by atoms with Gasteiger partial charge in [0, 0.05) is 22.7 Å². The van der Waals surface area contributed by atoms with Crippen molar-refractivity contribution in [3.63, 3.8) is 0 Å². The van der Waals surface area contributed by atoms with Gasteiger partial charge in [0.1, 0.15) is 0 Å². The van der Waals surface area contributed by atoms with Crippen LogP contribution >= 0.6 is 22.7 Å². The lowest BCUT2D eigenvalue weighted by Gasteiger charge is -1.96. The number of nitrogens with zero attached hydrogens (tertiary/aromatic N) is 3. The van der Waals surface area contributed by atoms with Crippen molar-refractivity contribution in [1.29, 1.82) is 5.26 Å². The van der Waals surface area contributed by atoms with E-state index >= 15 is 0 Å². The number of aromatic nitrogens is 2. The molecule has 2 heterocycles. The maximum absolute atomic E-state index is 8.94. The molecule has 3 aromatic rings. The fourth-order valence-electron chi connectivity index (χ4n) is 1.92. The second kappa shape index (κ2) is 5.53. The van der Waals surface area contributed by atoms with Gasteiger partial charge in [-0.1, -0.05) is 12.1 Å². The molecule has 0 unspecified atom stereocenters. The third-order valence-corrected chi connectivity index (χ3v) is 4.51. The second-order valence-corrected chi connectivity index (χ2v) is 6.36. The van der Waals surface area contributed by atoms with Crippen LogP contribution in [0.3, 0.4) is 0 Å². The van der Waals surface area contributed by atoms with Gasteiger partial charge in [0.2, 0.25) is 0 Å². The number of thiazole rings is 2. The van der Waals surface area contributed by atoms with Gasteiger partial charge in [0.15, 0.2) is 0 Å². The predicted molar refractivity (Wildman–Crippen MR) is 81.9 cm³/mol. The molecule has 0 atom stereocenters. The van der Waals surface area contributed by atoms with Crippen molar-refractivity contribution < 1.29 is 0 Å². The molecule has 20 heavy (non-hydrogen) atoms. The summed E-state index contributed by atoms with van der Waals surface area (Å²) in [5.41, 5.74) is 3.64. The number of hydrogen-bond donors (Lipinski definition) is 0. The van der Waals surface area contributed by atoms with Crippen molar-refractivity contribution in [2.75, 3.05) is 0 Å². The van der Waals surface area contributed by atoms with Gasteiger partial charge in [0.25, 0.3) is 0 Å². The number of aryl methyl sites for hydroxylation is 1. The van der Waals surface area contributed by atoms with E-state index in [4.69, 9.17) is 5.26 Å². The minimum atomic E-state index is 0.659. The highest BCUT2D eigenvalue weighted by Crippen LogP contribution is 2.24. The molecule has 0 aliphatic heterocycles. The van der Waals surface area contributed by atoms with Crippen LogP contribution in [0.25, 0.3) is 11.3 Å². The van der Waals surface area contributed by atoms with E-state index in [9.17, 15) is 0 Å². The van der Waals surface area contributed by atoms with Crippen LogP contribution in [0, 0.1) is 18.3 Å². The summed E-state index contributed by atoms with van der Waals surface area (Å²) in [5.74, 6) is 0. The summed E-state index contributed by atoms with van der Waals surface area (Å²) in [6, 6.07) is 9.69. The first kappa shape index (κ1) is 13.0. The molecule has 98 valence electrons. The Kier molecular flexibility index (Phi) is 3.59. The van der Waals surface area contributed by atoms with Crippen LogP contribution in [-0.4, -0.2) is 9.97 Å². The summed E-state index contributed by atoms with van der Waals surface area (Å²) >= 11 is 3.29. The van der Waals surface area contributed by atoms with Gasteiger partial charge < -0.3 is 0 Å². The van der Waals surface area contributed by atoms with Crippen LogP contribution in [-0.2, 0) is 6.42 Å². The fraction of sp³-hybridized carbons (Fsp3) is 0.133. The first-order valence-electron chi connectivity index (χ1n) is 6.10. The molecule has 0 amide bonds. The van der Waals surface area contributed by atoms with Crippen LogP contribution in [0.5, 0.6) is 0 Å². The molecule has 1 aromatic carbocycles. The molecule has 3 rings (SSSR count). The monoisotopic (exact) mass is 297 g/mol. The third kappa shape index (κ3) is 2.77. The standard InChI is InChI=1S/C15H11N3S2/c1-10-17-13(8-19-10)6-15-18-14(9-20-15)12-4-2-3-11(5-12)7-16/h2-5,8-9H,6H2,1H3. The van der Waals surface area contributed by atoms with E-state index in [1.54, 1.807) is 28.7 Å². The Labute approximate surface area is 125 Å². The average molecular weight is 297 g/mol. The number of rotatable bonds is 3. The molecule has 0 spiro atoms. The van der Waals surface area contributed by atoms with Crippen molar-refractivity contribution in [1.82, 2.24) is 9.97 Å². The lowest BCUT2D eigenvalue weighted by atomic mass is 10.1. The van der Waals surface area contributed by atoms with E-state index in [2.05, 4.69) is 21.4 Å². The molecule has 0 saturated heterocycles. The Bertz CT molecular complexity index is 780. The average Bonchev–Trinajstić information content (AvgIpc) is 3.09. The van der Waals surface area contributed by atoms with Crippen LogP contribution in [0.15, 0.2) is 35.0 Å². The van der Waals surface area contributed by atoms with Crippen molar-refractivity contribution in [2.45, 2.75) is 13.3 Å². The summed E-state index contributed by atoms with van der Waals surface area (Å²) in [5, 5.41) is 15.2. The third-order valence-electron chi connectivity index (χ3n) is 2.84. The molecule has 0 aliphatic carbocycles. The summed E-state index contributed by atoms with van der Waals surface area (Å²) in [7, 11) is 0. The number of hydrogen-bond acceptors (Lipinski definition) is 5. The molecular weight excluding hydrogens is 286 g/mol. The van der Waals surface area contributed by atoms with Crippen molar-refractivity contribution in [2.24, 2.45) is 0 Å². The van der Waals surface area contributed by atoms with E-state index in [0.717, 1.165) is 33.4 Å². The largest absolute Gasteiger partial charge is 0.246 e. The summed E-state index contributed by atoms with van der Waals surface area (Å²) in [6.07, 6.45) is 0.771. The van der Waals surface area contributed by atoms with Crippen LogP contribution in [0.4, 0.5) is 0 Å². The van der Waals surface area contributed by atoms with Crippen LogP contribution in [0.1, 0.15) is 21.3 Å². The summed E-state index contributed by atoms with van der Waals surface area (Å²) in [4.78, 5) is 9.09. The maximum Gasteiger partial charge on any atom is 0.0992 e. The number of nitriles is 1. The van der Waals surface area contributed by atoms with Gasteiger partial charge in [-0.2, -0.15) is 5.26 Å². The molecule has 0 saturated carbocycles. The Morgan fingerprint density at radius 2 is 2.10 bits per heavy atom. The molecule has 0 radical (unpaired) electrons. The first-order chi connectivity index (χ1) is 9.74. The highest BCUT2D eigenvalue weighted by atomic mass is 32.1. The Morgan fingerprint density at radius 3 is 2.85 bits per heavy atom. The van der Waals surface area contributed by atoms with Crippen molar-refractivity contribution >= 4 is 22.7 Å². The zero-order valence-corrected chi connectivity index (χ0v) is 12.5. The Hall–Kier alpha value is -2.03. The van der Waals surface area contributed by atoms with E-state index in [1.165, 1.54) is 0 Å². The van der Waals surface area contributed by atoms with Gasteiger partial charge in [-0.15, -0.1) is 22.7 Å². The SMILES string of the molecule is Cc1nc(Cc2nc(-c3cccc(C#N)c3)cs2)cs1. The zero-order chi connectivity index (χ0) is 13.9. The number of benzene rings is 1. The van der Waals surface area contributed by atoms with Gasteiger partial charge in [-0.3, -0.25) is 0 Å². The van der Waals surface area contributed by atoms with Crippen molar-refractivity contribution in [3.05, 3.63) is 56.3 Å². The van der Waals surface area contributed by atoms with Gasteiger partial charge in [0.05, 0.1) is 33.0 Å². The highest BCUT2D eigenvalue weighted by molar-refractivity contribution is 7.10. The predicted octanol–water partition coefficient (Wildman–Crippen LogP) is 4.04. The first-order valence-corrected chi connectivity index (χ1v) is 7.86. The lowest BCUT2D eigenvalue weighted by Crippen LogP contribution is -1.88. The highest BCUT2D eigenvalue weighted by Gasteiger charge is 2.07. The minimum absolute atomic E-state index is 0.659. The molecule has 0 bridgehead atoms. The lowest BCUT2D eigenvalue weighted by molar-refractivity contribution is 1.06. The quantitative estimate of drug-likeness (QED) is 0.733. The maximum atomic E-state index is 8.94. The van der Waals surface area contributed by atoms with E-state index in [0.29, 0.717) is 5.56 Å². The van der Waals surface area contributed by atoms with E-state index < -0.39 is 0 Å². The summed E-state index contributed by atoms with van der Waals surface area (Å²) in [6.45, 7) is 2.01. The molecule has 3 nitrogen and oxygen atoms in total. The van der Waals surface area contributed by atoms with E-state index in [1.807, 2.05) is 30.5 Å². The van der Waals surface area contributed by atoms with Gasteiger partial charge in [-0.05, 0) is 19.1 Å². The fourth-order valence-corrected chi connectivity index (χ4v) is 3.35. The molecule has 2 aromatic heterocycles. The normalized spacial score (nSPS) is 10.4. The topological polar surface area (TPSA) is 49.6 Å².